The molecule has 0 aliphatic heterocycles. The average Bonchev–Trinajstić information content (AvgIpc) is 1.59. The standard InChI is InChI=1S/C130H85N11/c1-7-40-89(41-8-1)136-115-64-25-22-58-104(115)110-82-98(73-76-121(110)136)133(124-70-34-61-107-101-55-19-28-67-118(101)139(127(107)124)92-46-13-4-14-47-92)95-52-31-37-86(79-95)113-85-114(87-38-32-53-96(80-87)134(99-74-77-122-111(83-99)105-59-23-26-65-116(105)137(122)90-42-9-2-10-43-90)125-71-35-62-108-102-56-20-29-68-119(102)140(128(108)125)93-48-15-5-16-49-93)132-130(131-113)88-39-33-54-97(81-88)135(100-75-78-123-112(84-100)106-60-24-27-66-117(106)138(123)91-44-11-3-12-45-91)126-72-36-63-109-103-57-21-30-69-120(103)141(129(109)126)94-50-17-6-18-51-94/h1-85H. The molecule has 0 atom stereocenters. The van der Waals surface area contributed by atoms with Crippen molar-refractivity contribution >= 4 is 182 Å². The van der Waals surface area contributed by atoms with Gasteiger partial charge in [0.15, 0.2) is 5.82 Å². The Bertz CT molecular complexity index is 8930. The van der Waals surface area contributed by atoms with Crippen molar-refractivity contribution in [2.45, 2.75) is 0 Å². The molecule has 0 unspecified atom stereocenters. The fraction of sp³-hybridized carbons (Fsp3) is 0. The van der Waals surface area contributed by atoms with Crippen molar-refractivity contribution in [1.82, 2.24) is 37.4 Å². The number of anilines is 9. The maximum absolute atomic E-state index is 6.02. The number of nitrogens with zero attached hydrogens (tertiary/aromatic N) is 11. The van der Waals surface area contributed by atoms with E-state index in [2.05, 4.69) is 558 Å². The fourth-order valence-corrected chi connectivity index (χ4v) is 22.5. The second-order valence-corrected chi connectivity index (χ2v) is 36.4. The highest BCUT2D eigenvalue weighted by Gasteiger charge is 2.30. The molecule has 0 spiro atoms. The molecule has 28 aromatic rings. The number of hydrogen-bond donors (Lipinski definition) is 0. The first-order valence-electron chi connectivity index (χ1n) is 48.1. The molecule has 0 aliphatic carbocycles. The Labute approximate surface area is 812 Å². The van der Waals surface area contributed by atoms with Gasteiger partial charge in [0, 0.05) is 150 Å². The van der Waals surface area contributed by atoms with Gasteiger partial charge in [-0.05, 0) is 224 Å². The van der Waals surface area contributed by atoms with Crippen LogP contribution in [0.15, 0.2) is 516 Å². The van der Waals surface area contributed by atoms with Crippen molar-refractivity contribution in [3.8, 4) is 68.0 Å². The van der Waals surface area contributed by atoms with Crippen molar-refractivity contribution in [2.75, 3.05) is 14.7 Å². The van der Waals surface area contributed by atoms with E-state index in [-0.39, 0.29) is 0 Å². The van der Waals surface area contributed by atoms with Gasteiger partial charge in [-0.3, -0.25) is 0 Å². The van der Waals surface area contributed by atoms with E-state index in [1.807, 2.05) is 0 Å². The first-order chi connectivity index (χ1) is 70.0. The van der Waals surface area contributed by atoms with Crippen molar-refractivity contribution in [2.24, 2.45) is 0 Å². The number of para-hydroxylation sites is 15. The Morgan fingerprint density at radius 2 is 0.355 bits per heavy atom. The van der Waals surface area contributed by atoms with Crippen LogP contribution in [0, 0.1) is 0 Å². The summed E-state index contributed by atoms with van der Waals surface area (Å²) < 4.78 is 14.5. The maximum Gasteiger partial charge on any atom is 0.160 e. The zero-order valence-corrected chi connectivity index (χ0v) is 76.5. The highest BCUT2D eigenvalue weighted by atomic mass is 15.2. The van der Waals surface area contributed by atoms with Crippen molar-refractivity contribution < 1.29 is 0 Å². The summed E-state index contributed by atoms with van der Waals surface area (Å²) in [6, 6.07) is 188. The van der Waals surface area contributed by atoms with Gasteiger partial charge in [-0.15, -0.1) is 0 Å². The number of rotatable bonds is 18. The first kappa shape index (κ1) is 80.4. The summed E-state index contributed by atoms with van der Waals surface area (Å²) in [7, 11) is 0. The number of aromatic nitrogens is 8. The molecule has 0 radical (unpaired) electrons. The van der Waals surface area contributed by atoms with E-state index in [0.29, 0.717) is 5.82 Å². The van der Waals surface area contributed by atoms with Gasteiger partial charge in [-0.25, -0.2) is 9.97 Å². The van der Waals surface area contributed by atoms with E-state index in [1.54, 1.807) is 0 Å². The first-order valence-corrected chi connectivity index (χ1v) is 48.1. The zero-order chi connectivity index (χ0) is 92.7. The van der Waals surface area contributed by atoms with Gasteiger partial charge >= 0.3 is 0 Å². The molecule has 21 aromatic carbocycles. The third-order valence-electron chi connectivity index (χ3n) is 28.5. The van der Waals surface area contributed by atoms with Crippen LogP contribution in [0.4, 0.5) is 51.2 Å². The van der Waals surface area contributed by atoms with Crippen molar-refractivity contribution in [1.29, 1.82) is 0 Å². The minimum atomic E-state index is 0.543. The average molecular weight is 1800 g/mol. The third kappa shape index (κ3) is 13.1. The number of benzene rings is 21. The van der Waals surface area contributed by atoms with Crippen LogP contribution in [-0.2, 0) is 0 Å². The van der Waals surface area contributed by atoms with E-state index in [0.717, 1.165) is 244 Å². The molecule has 0 fully saturated rings. The molecule has 7 heterocycles. The van der Waals surface area contributed by atoms with Crippen LogP contribution < -0.4 is 14.7 Å². The van der Waals surface area contributed by atoms with Gasteiger partial charge < -0.3 is 42.1 Å². The molecular weight excluding hydrogens is 1720 g/mol. The Kier molecular flexibility index (Phi) is 18.7. The van der Waals surface area contributed by atoms with Gasteiger partial charge in [0.05, 0.1) is 94.7 Å². The van der Waals surface area contributed by atoms with E-state index < -0.39 is 0 Å². The summed E-state index contributed by atoms with van der Waals surface area (Å²) >= 11 is 0. The zero-order valence-electron chi connectivity index (χ0n) is 76.5. The topological polar surface area (TPSA) is 65.1 Å². The monoisotopic (exact) mass is 1800 g/mol. The smallest absolute Gasteiger partial charge is 0.160 e. The summed E-state index contributed by atoms with van der Waals surface area (Å²) in [5.41, 5.74) is 32.6. The predicted octanol–water partition coefficient (Wildman–Crippen LogP) is 34.5. The van der Waals surface area contributed by atoms with Crippen LogP contribution in [-0.4, -0.2) is 37.4 Å². The van der Waals surface area contributed by atoms with Gasteiger partial charge in [-0.2, -0.15) is 0 Å². The minimum Gasteiger partial charge on any atom is -0.309 e. The Morgan fingerprint density at radius 3 is 0.645 bits per heavy atom. The highest BCUT2D eigenvalue weighted by molar-refractivity contribution is 6.20. The molecule has 141 heavy (non-hydrogen) atoms. The number of hydrogen-bond acceptors (Lipinski definition) is 5. The normalized spacial score (nSPS) is 11.8. The quantitative estimate of drug-likeness (QED) is 0.0856. The lowest BCUT2D eigenvalue weighted by atomic mass is 10.0. The van der Waals surface area contributed by atoms with Gasteiger partial charge in [-0.1, -0.05) is 291 Å². The molecule has 0 amide bonds. The van der Waals surface area contributed by atoms with E-state index in [4.69, 9.17) is 9.97 Å². The van der Waals surface area contributed by atoms with Crippen LogP contribution in [0.5, 0.6) is 0 Å². The van der Waals surface area contributed by atoms with E-state index in [9.17, 15) is 0 Å². The SMILES string of the molecule is c1ccc(-n2c3ccccc3c3cc(N(c4cccc(-c5cc(-c6cccc(N(c7ccc8c(c7)c7ccccc7n8-c7ccccc7)c7cccc8c9ccccc9n(-c9ccccc9)c78)c6)nc(-c6cccc(N(c7ccc8c(c7)c7ccccc7n8-c7ccccc7)c7cccc8c9ccccc9n(-c9ccccc9)c78)c6)n5)c4)c4cccc5c6ccccc6n(-c6ccccc6)c45)ccc32)cc1. The molecule has 11 nitrogen and oxygen atoms in total. The Hall–Kier alpha value is -19.1. The maximum atomic E-state index is 6.02. The molecule has 11 heteroatoms. The lowest BCUT2D eigenvalue weighted by Gasteiger charge is -2.28. The fourth-order valence-electron chi connectivity index (χ4n) is 22.5. The molecule has 660 valence electrons. The molecular formula is C130H85N11. The molecule has 0 saturated heterocycles. The van der Waals surface area contributed by atoms with Gasteiger partial charge in [0.1, 0.15) is 0 Å². The van der Waals surface area contributed by atoms with Crippen molar-refractivity contribution in [3.05, 3.63) is 516 Å². The second kappa shape index (κ2) is 32.9. The summed E-state index contributed by atoms with van der Waals surface area (Å²) in [6.45, 7) is 0. The van der Waals surface area contributed by atoms with Crippen LogP contribution in [0.2, 0.25) is 0 Å². The lowest BCUT2D eigenvalue weighted by Crippen LogP contribution is -2.12. The van der Waals surface area contributed by atoms with Crippen LogP contribution in [0.25, 0.3) is 199 Å². The molecule has 0 N–H and O–H groups in total. The molecule has 0 aliphatic rings. The van der Waals surface area contributed by atoms with E-state index in [1.165, 1.54) is 0 Å². The summed E-state index contributed by atoms with van der Waals surface area (Å²) in [5.74, 6) is 0.543. The van der Waals surface area contributed by atoms with Gasteiger partial charge in [0.2, 0.25) is 0 Å². The summed E-state index contributed by atoms with van der Waals surface area (Å²) in [4.78, 5) is 19.4. The van der Waals surface area contributed by atoms with Crippen LogP contribution >= 0.6 is 0 Å². The summed E-state index contributed by atoms with van der Waals surface area (Å²) in [6.07, 6.45) is 0. The largest absolute Gasteiger partial charge is 0.309 e. The minimum absolute atomic E-state index is 0.543. The third-order valence-corrected chi connectivity index (χ3v) is 28.5. The summed E-state index contributed by atoms with van der Waals surface area (Å²) in [5, 5.41) is 13.8. The Morgan fingerprint density at radius 1 is 0.142 bits per heavy atom. The van der Waals surface area contributed by atoms with E-state index >= 15 is 0 Å². The molecule has 7 aromatic heterocycles. The molecule has 0 bridgehead atoms. The lowest BCUT2D eigenvalue weighted by molar-refractivity contribution is 1.16. The van der Waals surface area contributed by atoms with Crippen LogP contribution in [0.1, 0.15) is 0 Å². The van der Waals surface area contributed by atoms with Crippen LogP contribution in [0.3, 0.4) is 0 Å². The van der Waals surface area contributed by atoms with Crippen molar-refractivity contribution in [3.63, 3.8) is 0 Å². The Balaban J connectivity index is 0.691. The highest BCUT2D eigenvalue weighted by Crippen LogP contribution is 2.52. The predicted molar refractivity (Wildman–Crippen MR) is 588 cm³/mol. The molecule has 28 rings (SSSR count). The second-order valence-electron chi connectivity index (χ2n) is 36.4. The van der Waals surface area contributed by atoms with Gasteiger partial charge in [0.25, 0.3) is 0 Å². The number of fused-ring (bicyclic) bond motifs is 18. The molecule has 0 saturated carbocycles.